The third-order valence-corrected chi connectivity index (χ3v) is 28.7. The van der Waals surface area contributed by atoms with Crippen LogP contribution in [0.3, 0.4) is 0 Å². The van der Waals surface area contributed by atoms with E-state index in [9.17, 15) is 28.7 Å². The van der Waals surface area contributed by atoms with Gasteiger partial charge in [0, 0.05) is 37.1 Å². The molecule has 30 heteroatoms. The van der Waals surface area contributed by atoms with Gasteiger partial charge in [-0.1, -0.05) is 107 Å². The molecule has 0 bridgehead atoms. The van der Waals surface area contributed by atoms with Crippen LogP contribution in [0.15, 0.2) is 109 Å². The zero-order valence-corrected chi connectivity index (χ0v) is 61.5. The fourth-order valence-electron chi connectivity index (χ4n) is 9.44. The smallest absolute Gasteiger partial charge is 0.328 e. The summed E-state index contributed by atoms with van der Waals surface area (Å²) < 4.78 is 50.7. The number of benzene rings is 5. The van der Waals surface area contributed by atoms with Gasteiger partial charge in [0.15, 0.2) is 16.6 Å². The number of anilines is 1. The van der Waals surface area contributed by atoms with Crippen LogP contribution >= 0.6 is 34.5 Å². The van der Waals surface area contributed by atoms with Crippen molar-refractivity contribution in [3.8, 4) is 5.75 Å². The standard InChI is InChI=1S/C25H27Cl2N5O5S2.2C15H25N3O2Si.C10H13N3O/c1-2-12-31-23-16-18(3-8-22(23)28-29-31)17-24(21-9-15-38-25(21)32(33)34)39(35,36)37-20-6-4-19(5-7-20)30(13-10-26)14-11-27;2*1-15(2,3)21(4,5)20-9-8-18-14-10-12(11-19)6-7-13(14)16-17-18;1-2-5-13-11-9-4-3-8(7-14)6-10(9)12-13/h3-9,15-16,24H,2,10-14,17H2,1H3;2*6-7,10,19H,8-9,11H2,1-5H3;3-4,6,14H,2,5,7H2,1H3. The maximum atomic E-state index is 13.7. The van der Waals surface area contributed by atoms with Gasteiger partial charge in [-0.3, -0.25) is 10.1 Å². The Morgan fingerprint density at radius 3 is 1.47 bits per heavy atom. The molecule has 10 rings (SSSR count). The highest BCUT2D eigenvalue weighted by atomic mass is 35.5. The SMILES string of the molecule is CC(C)(C)[Si](C)(C)OCCn1nnc2ccc(CO)cc21.CC(C)(C)[Si](C)(C)OCCn1nnc2ccc(CO)cc21.CCCn1nc2ccc(CO)cc2n1.CCCn1nnc2ccc(CC(c3ccsc3[N+](=O)[O-])S(=O)(=O)Oc3ccc(N(CCCl)CCCl)cc3)cc21. The molecule has 1 unspecified atom stereocenters. The molecular weight excluding hydrogens is 1330 g/mol. The predicted molar refractivity (Wildman–Crippen MR) is 382 cm³/mol. The van der Waals surface area contributed by atoms with E-state index in [4.69, 9.17) is 41.3 Å². The number of nitro groups is 1. The summed E-state index contributed by atoms with van der Waals surface area (Å²) in [7, 11) is -7.81. The van der Waals surface area contributed by atoms with E-state index < -0.39 is 36.9 Å². The lowest BCUT2D eigenvalue weighted by atomic mass is 10.0. The van der Waals surface area contributed by atoms with Crippen molar-refractivity contribution in [2.75, 3.05) is 43.0 Å². The van der Waals surface area contributed by atoms with Crippen molar-refractivity contribution in [1.29, 1.82) is 0 Å². The fourth-order valence-corrected chi connectivity index (χ4v) is 14.2. The minimum Gasteiger partial charge on any atom is -0.415 e. The number of hydrogen-bond donors (Lipinski definition) is 3. The molecule has 0 spiro atoms. The largest absolute Gasteiger partial charge is 0.415 e. The highest BCUT2D eigenvalue weighted by molar-refractivity contribution is 7.87. The van der Waals surface area contributed by atoms with E-state index in [1.54, 1.807) is 45.9 Å². The Morgan fingerprint density at radius 2 is 1.03 bits per heavy atom. The number of rotatable bonds is 27. The molecule has 514 valence electrons. The van der Waals surface area contributed by atoms with Gasteiger partial charge in [0.25, 0.3) is 0 Å². The Kier molecular flexibility index (Phi) is 27.0. The second-order valence-corrected chi connectivity index (χ2v) is 38.8. The molecule has 0 radical (unpaired) electrons. The van der Waals surface area contributed by atoms with E-state index in [1.807, 2.05) is 81.9 Å². The average Bonchev–Trinajstić information content (AvgIpc) is 1.76. The summed E-state index contributed by atoms with van der Waals surface area (Å²) in [6.07, 6.45) is 1.83. The van der Waals surface area contributed by atoms with Crippen molar-refractivity contribution in [2.24, 2.45) is 0 Å². The number of fused-ring (bicyclic) bond motifs is 4. The molecule has 0 aliphatic carbocycles. The van der Waals surface area contributed by atoms with Crippen LogP contribution in [0.4, 0.5) is 10.7 Å². The van der Waals surface area contributed by atoms with Gasteiger partial charge in [0.05, 0.1) is 79.7 Å². The van der Waals surface area contributed by atoms with Gasteiger partial charge in [-0.25, -0.2) is 14.0 Å². The summed E-state index contributed by atoms with van der Waals surface area (Å²) in [6.45, 7) is 31.9. The predicted octanol–water partition coefficient (Wildman–Crippen LogP) is 13.0. The van der Waals surface area contributed by atoms with Crippen LogP contribution in [-0.4, -0.2) is 143 Å². The molecule has 0 amide bonds. The first-order valence-corrected chi connectivity index (χ1v) is 40.9. The number of hydrogen-bond acceptors (Lipinski definition) is 20. The molecule has 0 fully saturated rings. The molecule has 24 nitrogen and oxygen atoms in total. The van der Waals surface area contributed by atoms with Crippen molar-refractivity contribution in [2.45, 2.75) is 162 Å². The van der Waals surface area contributed by atoms with Gasteiger partial charge in [-0.2, -0.15) is 23.4 Å². The van der Waals surface area contributed by atoms with Gasteiger partial charge < -0.3 is 33.3 Å². The van der Waals surface area contributed by atoms with E-state index in [1.165, 1.54) is 11.4 Å². The molecule has 95 heavy (non-hydrogen) atoms. The van der Waals surface area contributed by atoms with Gasteiger partial charge in [0.2, 0.25) is 0 Å². The topological polar surface area (TPSA) is 292 Å². The molecule has 3 N–H and O–H groups in total. The second kappa shape index (κ2) is 33.9. The number of thiophene rings is 1. The maximum Gasteiger partial charge on any atom is 0.328 e. The first-order chi connectivity index (χ1) is 45.1. The average molecular weight is 1420 g/mol. The number of aliphatic hydroxyl groups is 3. The Hall–Kier alpha value is -6.84. The summed E-state index contributed by atoms with van der Waals surface area (Å²) in [5.74, 6) is 0.913. The summed E-state index contributed by atoms with van der Waals surface area (Å²) in [5, 5.41) is 73.1. The summed E-state index contributed by atoms with van der Waals surface area (Å²) in [4.78, 5) is 14.8. The van der Waals surface area contributed by atoms with E-state index in [2.05, 4.69) is 116 Å². The first-order valence-electron chi connectivity index (χ1n) is 31.6. The summed E-state index contributed by atoms with van der Waals surface area (Å²) >= 11 is 12.7. The Morgan fingerprint density at radius 1 is 0.600 bits per heavy atom. The molecule has 0 saturated heterocycles. The third kappa shape index (κ3) is 20.1. The Labute approximate surface area is 571 Å². The van der Waals surface area contributed by atoms with Gasteiger partial charge in [-0.15, -0.1) is 38.5 Å². The molecule has 1 atom stereocenters. The molecule has 0 saturated carbocycles. The highest BCUT2D eigenvalue weighted by Crippen LogP contribution is 2.40. The van der Waals surface area contributed by atoms with E-state index in [-0.39, 0.29) is 52.6 Å². The maximum absolute atomic E-state index is 13.7. The lowest BCUT2D eigenvalue weighted by Crippen LogP contribution is -2.41. The summed E-state index contributed by atoms with van der Waals surface area (Å²) in [6, 6.07) is 30.4. The van der Waals surface area contributed by atoms with E-state index in [0.717, 1.165) is 91.7 Å². The molecule has 0 aliphatic heterocycles. The van der Waals surface area contributed by atoms with Gasteiger partial charge >= 0.3 is 15.1 Å². The minimum absolute atomic E-state index is 0.0294. The van der Waals surface area contributed by atoms with Crippen molar-refractivity contribution >= 4 is 116 Å². The van der Waals surface area contributed by atoms with Crippen LogP contribution in [0.2, 0.25) is 36.3 Å². The number of aromatic nitrogens is 12. The van der Waals surface area contributed by atoms with Crippen LogP contribution in [0.1, 0.15) is 101 Å². The molecule has 5 aromatic carbocycles. The number of halogens is 2. The van der Waals surface area contributed by atoms with Crippen molar-refractivity contribution < 1.29 is 41.7 Å². The molecular formula is C65H90Cl2N14O10S2Si2. The van der Waals surface area contributed by atoms with E-state index >= 15 is 0 Å². The molecule has 10 aromatic rings. The number of nitrogens with zero attached hydrogens (tertiary/aromatic N) is 14. The van der Waals surface area contributed by atoms with Crippen molar-refractivity contribution in [3.63, 3.8) is 0 Å². The Bertz CT molecular complexity index is 4090. The molecule has 5 aromatic heterocycles. The van der Waals surface area contributed by atoms with Crippen molar-refractivity contribution in [1.82, 2.24) is 60.0 Å². The lowest BCUT2D eigenvalue weighted by Gasteiger charge is -2.36. The number of aliphatic hydroxyl groups excluding tert-OH is 3. The quantitative estimate of drug-likeness (QED) is 0.0142. The van der Waals surface area contributed by atoms with Crippen molar-refractivity contribution in [3.05, 3.63) is 146 Å². The minimum atomic E-state index is -4.36. The van der Waals surface area contributed by atoms with Crippen LogP contribution in [0.25, 0.3) is 44.1 Å². The number of alkyl halides is 2. The first kappa shape index (κ1) is 75.5. The second-order valence-electron chi connectivity index (χ2n) is 25.8. The van der Waals surface area contributed by atoms with Crippen LogP contribution in [0, 0.1) is 10.1 Å². The molecule has 0 aliphatic rings. The zero-order valence-electron chi connectivity index (χ0n) is 56.3. The monoisotopic (exact) mass is 1420 g/mol. The van der Waals surface area contributed by atoms with Crippen LogP contribution in [-0.2, 0) is 71.4 Å². The highest BCUT2D eigenvalue weighted by Gasteiger charge is 2.39. The normalized spacial score (nSPS) is 12.5. The summed E-state index contributed by atoms with van der Waals surface area (Å²) in [5.41, 5.74) is 10.9. The van der Waals surface area contributed by atoms with Gasteiger partial charge in [-0.05, 0) is 162 Å². The fraction of sp³-hybridized carbons (Fsp3) is 0.477. The zero-order chi connectivity index (χ0) is 69.3. The van der Waals surface area contributed by atoms with Gasteiger partial charge in [0.1, 0.15) is 38.6 Å². The van der Waals surface area contributed by atoms with E-state index in [0.29, 0.717) is 68.8 Å². The molecule has 5 heterocycles. The third-order valence-electron chi connectivity index (χ3n) is 16.9. The van der Waals surface area contributed by atoms with Crippen LogP contribution in [0.5, 0.6) is 5.75 Å². The Balaban J connectivity index is 0.000000193. The van der Waals surface area contributed by atoms with Crippen LogP contribution < -0.4 is 9.08 Å². The number of aryl methyl sites for hydroxylation is 2. The lowest BCUT2D eigenvalue weighted by molar-refractivity contribution is -0.380.